The van der Waals surface area contributed by atoms with Gasteiger partial charge >= 0.3 is 0 Å². The lowest BCUT2D eigenvalue weighted by atomic mass is 10.0. The highest BCUT2D eigenvalue weighted by atomic mass is 35.5. The summed E-state index contributed by atoms with van der Waals surface area (Å²) in [4.78, 5) is 0.481. The molecule has 3 rings (SSSR count). The molecule has 1 heterocycles. The molecular weight excluding hydrogens is 368 g/mol. The van der Waals surface area contributed by atoms with Crippen LogP contribution in [0.15, 0.2) is 47.4 Å². The van der Waals surface area contributed by atoms with Crippen LogP contribution >= 0.6 is 11.6 Å². The van der Waals surface area contributed by atoms with E-state index in [-0.39, 0.29) is 12.0 Å². The Bertz CT molecular complexity index is 873. The molecule has 3 nitrogen and oxygen atoms in total. The van der Waals surface area contributed by atoms with Gasteiger partial charge in [-0.2, -0.15) is 0 Å². The van der Waals surface area contributed by atoms with Gasteiger partial charge < -0.3 is 4.74 Å². The van der Waals surface area contributed by atoms with Crippen molar-refractivity contribution in [2.45, 2.75) is 55.8 Å². The zero-order chi connectivity index (χ0) is 18.9. The first kappa shape index (κ1) is 19.4. The van der Waals surface area contributed by atoms with Crippen LogP contribution in [-0.2, 0) is 14.6 Å². The van der Waals surface area contributed by atoms with Crippen LogP contribution in [0.25, 0.3) is 0 Å². The number of halogens is 1. The molecule has 0 aliphatic carbocycles. The summed E-state index contributed by atoms with van der Waals surface area (Å²) in [5.74, 6) is 0.160. The molecule has 0 saturated carbocycles. The van der Waals surface area contributed by atoms with E-state index in [1.54, 1.807) is 0 Å². The summed E-state index contributed by atoms with van der Waals surface area (Å²) >= 11 is 5.96. The van der Waals surface area contributed by atoms with Crippen LogP contribution in [-0.4, -0.2) is 20.3 Å². The first-order valence-electron chi connectivity index (χ1n) is 9.00. The number of rotatable bonds is 4. The predicted octanol–water partition coefficient (Wildman–Crippen LogP) is 5.47. The Labute approximate surface area is 161 Å². The van der Waals surface area contributed by atoms with Crippen molar-refractivity contribution in [3.63, 3.8) is 0 Å². The number of sulfone groups is 1. The highest BCUT2D eigenvalue weighted by Gasteiger charge is 2.35. The molecule has 140 valence electrons. The normalized spacial score (nSPS) is 21.1. The summed E-state index contributed by atoms with van der Waals surface area (Å²) in [6.07, 6.45) is 0.779. The molecule has 1 saturated heterocycles. The van der Waals surface area contributed by atoms with E-state index in [0.717, 1.165) is 16.7 Å². The molecule has 2 aromatic carbocycles. The minimum absolute atomic E-state index is 0.160. The average Bonchev–Trinajstić information content (AvgIpc) is 2.62. The third-order valence-corrected chi connectivity index (χ3v) is 7.54. The summed E-state index contributed by atoms with van der Waals surface area (Å²) in [7, 11) is -3.42. The summed E-state index contributed by atoms with van der Waals surface area (Å²) in [6, 6.07) is 13.2. The van der Waals surface area contributed by atoms with E-state index in [1.807, 2.05) is 63.2 Å². The SMILES string of the molecule is Cc1ccc(C(C)C)c(S(=O)(=O)C2CCOC(c3ccc(Cl)cc3)C2)c1. The van der Waals surface area contributed by atoms with Crippen LogP contribution in [0.5, 0.6) is 0 Å². The maximum absolute atomic E-state index is 13.4. The lowest BCUT2D eigenvalue weighted by molar-refractivity contribution is 0.0166. The molecule has 1 aliphatic rings. The van der Waals surface area contributed by atoms with Crippen molar-refractivity contribution in [2.75, 3.05) is 6.61 Å². The van der Waals surface area contributed by atoms with E-state index < -0.39 is 15.1 Å². The average molecular weight is 393 g/mol. The van der Waals surface area contributed by atoms with Crippen LogP contribution in [0.2, 0.25) is 5.02 Å². The Hall–Kier alpha value is -1.36. The van der Waals surface area contributed by atoms with Gasteiger partial charge in [0.25, 0.3) is 0 Å². The van der Waals surface area contributed by atoms with Gasteiger partial charge in [0.05, 0.1) is 16.2 Å². The Balaban J connectivity index is 1.92. The number of ether oxygens (including phenoxy) is 1. The van der Waals surface area contributed by atoms with Crippen molar-refractivity contribution in [1.29, 1.82) is 0 Å². The summed E-state index contributed by atoms with van der Waals surface area (Å²) in [5, 5.41) is 0.228. The Morgan fingerprint density at radius 3 is 2.46 bits per heavy atom. The van der Waals surface area contributed by atoms with Crippen LogP contribution in [0.3, 0.4) is 0 Å². The maximum Gasteiger partial charge on any atom is 0.181 e. The van der Waals surface area contributed by atoms with Gasteiger partial charge in [0, 0.05) is 11.6 Å². The fraction of sp³-hybridized carbons (Fsp3) is 0.429. The van der Waals surface area contributed by atoms with Gasteiger partial charge in [-0.25, -0.2) is 8.42 Å². The molecule has 2 unspecified atom stereocenters. The number of hydrogen-bond donors (Lipinski definition) is 0. The molecule has 5 heteroatoms. The fourth-order valence-corrected chi connectivity index (χ4v) is 5.80. The Kier molecular flexibility index (Phi) is 5.75. The van der Waals surface area contributed by atoms with Gasteiger partial charge in [-0.1, -0.05) is 49.7 Å². The van der Waals surface area contributed by atoms with Gasteiger partial charge in [-0.3, -0.25) is 0 Å². The first-order chi connectivity index (χ1) is 12.3. The summed E-state index contributed by atoms with van der Waals surface area (Å²) < 4.78 is 32.7. The minimum atomic E-state index is -3.42. The van der Waals surface area contributed by atoms with Crippen LogP contribution in [0.1, 0.15) is 55.4 Å². The molecule has 26 heavy (non-hydrogen) atoms. The number of hydrogen-bond acceptors (Lipinski definition) is 3. The maximum atomic E-state index is 13.4. The zero-order valence-electron chi connectivity index (χ0n) is 15.4. The van der Waals surface area contributed by atoms with Crippen molar-refractivity contribution in [2.24, 2.45) is 0 Å². The second-order valence-corrected chi connectivity index (χ2v) is 9.93. The Morgan fingerprint density at radius 1 is 1.12 bits per heavy atom. The van der Waals surface area contributed by atoms with Crippen molar-refractivity contribution in [3.05, 3.63) is 64.2 Å². The van der Waals surface area contributed by atoms with Crippen LogP contribution in [0.4, 0.5) is 0 Å². The standard InChI is InChI=1S/C21H25ClO3S/c1-14(2)19-9-4-15(3)12-21(19)26(23,24)18-10-11-25-20(13-18)16-5-7-17(22)8-6-16/h4-9,12,14,18,20H,10-11,13H2,1-3H3. The van der Waals surface area contributed by atoms with E-state index >= 15 is 0 Å². The van der Waals surface area contributed by atoms with Crippen LogP contribution in [0, 0.1) is 6.92 Å². The van der Waals surface area contributed by atoms with E-state index in [4.69, 9.17) is 16.3 Å². The highest BCUT2D eigenvalue weighted by molar-refractivity contribution is 7.92. The van der Waals surface area contributed by atoms with Crippen molar-refractivity contribution >= 4 is 21.4 Å². The molecule has 0 spiro atoms. The molecule has 0 N–H and O–H groups in total. The van der Waals surface area contributed by atoms with E-state index in [0.29, 0.717) is 29.4 Å². The topological polar surface area (TPSA) is 43.4 Å². The zero-order valence-corrected chi connectivity index (χ0v) is 17.0. The number of aryl methyl sites for hydroxylation is 1. The highest BCUT2D eigenvalue weighted by Crippen LogP contribution is 2.36. The first-order valence-corrected chi connectivity index (χ1v) is 10.9. The largest absolute Gasteiger partial charge is 0.373 e. The van der Waals surface area contributed by atoms with Gasteiger partial charge in [0.1, 0.15) is 0 Å². The van der Waals surface area contributed by atoms with E-state index in [2.05, 4.69) is 0 Å². The predicted molar refractivity (Wildman–Crippen MR) is 106 cm³/mol. The molecular formula is C21H25ClO3S. The molecule has 1 fully saturated rings. The molecule has 0 aromatic heterocycles. The number of benzene rings is 2. The van der Waals surface area contributed by atoms with Gasteiger partial charge in [0.15, 0.2) is 9.84 Å². The van der Waals surface area contributed by atoms with Crippen LogP contribution < -0.4 is 0 Å². The summed E-state index contributed by atoms with van der Waals surface area (Å²) in [6.45, 7) is 6.44. The minimum Gasteiger partial charge on any atom is -0.373 e. The van der Waals surface area contributed by atoms with Crippen molar-refractivity contribution < 1.29 is 13.2 Å². The third-order valence-electron chi connectivity index (χ3n) is 5.01. The molecule has 2 aromatic rings. The molecule has 0 radical (unpaired) electrons. The molecule has 2 atom stereocenters. The van der Waals surface area contributed by atoms with Gasteiger partial charge in [-0.05, 0) is 60.6 Å². The van der Waals surface area contributed by atoms with Gasteiger partial charge in [0.2, 0.25) is 0 Å². The lowest BCUT2D eigenvalue weighted by Gasteiger charge is -2.30. The van der Waals surface area contributed by atoms with Gasteiger partial charge in [-0.15, -0.1) is 0 Å². The van der Waals surface area contributed by atoms with E-state index in [1.165, 1.54) is 0 Å². The molecule has 1 aliphatic heterocycles. The second kappa shape index (κ2) is 7.71. The van der Waals surface area contributed by atoms with E-state index in [9.17, 15) is 8.42 Å². The summed E-state index contributed by atoms with van der Waals surface area (Å²) in [5.41, 5.74) is 2.84. The quantitative estimate of drug-likeness (QED) is 0.693. The Morgan fingerprint density at radius 2 is 1.81 bits per heavy atom. The lowest BCUT2D eigenvalue weighted by Crippen LogP contribution is -2.31. The van der Waals surface area contributed by atoms with Crippen molar-refractivity contribution in [3.8, 4) is 0 Å². The van der Waals surface area contributed by atoms with Crippen molar-refractivity contribution in [1.82, 2.24) is 0 Å². The molecule has 0 amide bonds. The monoisotopic (exact) mass is 392 g/mol. The smallest absolute Gasteiger partial charge is 0.181 e. The third kappa shape index (κ3) is 3.98. The molecule has 0 bridgehead atoms. The fourth-order valence-electron chi connectivity index (χ4n) is 3.50. The second-order valence-electron chi connectivity index (χ2n) is 7.30.